The number of likely N-dealkylation sites (N-methyl/N-ethyl adjacent to an activating group) is 1. The van der Waals surface area contributed by atoms with Gasteiger partial charge in [-0.1, -0.05) is 30.3 Å². The van der Waals surface area contributed by atoms with E-state index in [1.165, 1.54) is 0 Å². The molecule has 0 aliphatic carbocycles. The summed E-state index contributed by atoms with van der Waals surface area (Å²) in [5.41, 5.74) is 0.679. The van der Waals surface area contributed by atoms with Crippen LogP contribution in [0, 0.1) is 0 Å². The molecule has 0 aromatic heterocycles. The fraction of sp³-hybridized carbons (Fsp3) is 0.174. The van der Waals surface area contributed by atoms with Crippen molar-refractivity contribution < 1.29 is 19.0 Å². The number of carbonyl (C=O) groups excluding carboxylic acids is 1. The molecule has 0 radical (unpaired) electrons. The van der Waals surface area contributed by atoms with E-state index in [1.54, 1.807) is 43.3 Å². The Labute approximate surface area is 170 Å². The number of carbonyl (C=O) groups is 1. The molecule has 0 spiro atoms. The standard InChI is InChI=1S/C23H24N2O4/c1-25(16-17-28-19-8-4-3-5-9-19)23(26)24-18-12-14-20(15-13-18)29-22-11-7-6-10-21(22)27-2/h3-15H,16-17H2,1-2H3,(H,24,26). The number of nitrogens with zero attached hydrogens (tertiary/aromatic N) is 1. The molecule has 0 saturated heterocycles. The molecule has 6 nitrogen and oxygen atoms in total. The highest BCUT2D eigenvalue weighted by Crippen LogP contribution is 2.31. The molecule has 6 heteroatoms. The van der Waals surface area contributed by atoms with E-state index in [0.29, 0.717) is 36.1 Å². The van der Waals surface area contributed by atoms with Crippen LogP contribution in [0.4, 0.5) is 10.5 Å². The van der Waals surface area contributed by atoms with E-state index < -0.39 is 0 Å². The average Bonchev–Trinajstić information content (AvgIpc) is 2.76. The van der Waals surface area contributed by atoms with Gasteiger partial charge in [-0.05, 0) is 48.5 Å². The second-order valence-corrected chi connectivity index (χ2v) is 6.29. The molecule has 29 heavy (non-hydrogen) atoms. The van der Waals surface area contributed by atoms with E-state index in [2.05, 4.69) is 5.32 Å². The van der Waals surface area contributed by atoms with Gasteiger partial charge in [0.2, 0.25) is 0 Å². The van der Waals surface area contributed by atoms with Crippen molar-refractivity contribution in [2.24, 2.45) is 0 Å². The molecule has 0 fully saturated rings. The van der Waals surface area contributed by atoms with E-state index in [-0.39, 0.29) is 6.03 Å². The summed E-state index contributed by atoms with van der Waals surface area (Å²) < 4.78 is 16.7. The van der Waals surface area contributed by atoms with Gasteiger partial charge in [-0.2, -0.15) is 0 Å². The lowest BCUT2D eigenvalue weighted by Gasteiger charge is -2.18. The lowest BCUT2D eigenvalue weighted by molar-refractivity contribution is 0.207. The lowest BCUT2D eigenvalue weighted by atomic mass is 10.3. The van der Waals surface area contributed by atoms with Crippen molar-refractivity contribution in [3.05, 3.63) is 78.9 Å². The zero-order valence-corrected chi connectivity index (χ0v) is 16.5. The summed E-state index contributed by atoms with van der Waals surface area (Å²) in [6.45, 7) is 0.884. The van der Waals surface area contributed by atoms with E-state index in [1.807, 2.05) is 54.6 Å². The summed E-state index contributed by atoms with van der Waals surface area (Å²) in [7, 11) is 3.32. The SMILES string of the molecule is COc1ccccc1Oc1ccc(NC(=O)N(C)CCOc2ccccc2)cc1. The number of anilines is 1. The fourth-order valence-corrected chi connectivity index (χ4v) is 2.57. The summed E-state index contributed by atoms with van der Waals surface area (Å²) >= 11 is 0. The average molecular weight is 392 g/mol. The molecule has 150 valence electrons. The van der Waals surface area contributed by atoms with Gasteiger partial charge in [-0.25, -0.2) is 4.79 Å². The summed E-state index contributed by atoms with van der Waals surface area (Å²) in [5, 5.41) is 2.86. The normalized spacial score (nSPS) is 10.1. The summed E-state index contributed by atoms with van der Waals surface area (Å²) in [6.07, 6.45) is 0. The molecule has 0 aliphatic heterocycles. The first-order valence-corrected chi connectivity index (χ1v) is 9.26. The number of nitrogens with one attached hydrogen (secondary N) is 1. The summed E-state index contributed by atoms with van der Waals surface area (Å²) in [4.78, 5) is 13.9. The highest BCUT2D eigenvalue weighted by molar-refractivity contribution is 5.89. The van der Waals surface area contributed by atoms with E-state index in [4.69, 9.17) is 14.2 Å². The van der Waals surface area contributed by atoms with Gasteiger partial charge in [0.05, 0.1) is 13.7 Å². The largest absolute Gasteiger partial charge is 0.493 e. The van der Waals surface area contributed by atoms with Gasteiger partial charge in [0.15, 0.2) is 11.5 Å². The Morgan fingerprint density at radius 3 is 2.21 bits per heavy atom. The van der Waals surface area contributed by atoms with Crippen LogP contribution in [-0.4, -0.2) is 38.2 Å². The monoisotopic (exact) mass is 392 g/mol. The Balaban J connectivity index is 1.49. The van der Waals surface area contributed by atoms with E-state index >= 15 is 0 Å². The van der Waals surface area contributed by atoms with Gasteiger partial charge in [0.25, 0.3) is 0 Å². The zero-order chi connectivity index (χ0) is 20.5. The Kier molecular flexibility index (Phi) is 6.95. The number of methoxy groups -OCH3 is 1. The zero-order valence-electron chi connectivity index (χ0n) is 16.5. The Bertz CT molecular complexity index is 914. The maximum absolute atomic E-state index is 12.3. The predicted molar refractivity (Wildman–Crippen MR) is 113 cm³/mol. The predicted octanol–water partition coefficient (Wildman–Crippen LogP) is 5.03. The number of amides is 2. The topological polar surface area (TPSA) is 60.0 Å². The van der Waals surface area contributed by atoms with Gasteiger partial charge in [0, 0.05) is 12.7 Å². The Hall–Kier alpha value is -3.67. The molecular weight excluding hydrogens is 368 g/mol. The van der Waals surface area contributed by atoms with Crippen LogP contribution in [-0.2, 0) is 0 Å². The van der Waals surface area contributed by atoms with Crippen LogP contribution in [0.1, 0.15) is 0 Å². The number of benzene rings is 3. The van der Waals surface area contributed by atoms with Gasteiger partial charge < -0.3 is 24.4 Å². The molecular formula is C23H24N2O4. The van der Waals surface area contributed by atoms with Crippen LogP contribution < -0.4 is 19.5 Å². The smallest absolute Gasteiger partial charge is 0.321 e. The molecule has 0 unspecified atom stereocenters. The first-order valence-electron chi connectivity index (χ1n) is 9.26. The molecule has 1 N–H and O–H groups in total. The lowest BCUT2D eigenvalue weighted by Crippen LogP contribution is -2.34. The minimum absolute atomic E-state index is 0.208. The van der Waals surface area contributed by atoms with Crippen molar-refractivity contribution in [2.75, 3.05) is 32.6 Å². The highest BCUT2D eigenvalue weighted by Gasteiger charge is 2.09. The number of hydrogen-bond acceptors (Lipinski definition) is 4. The van der Waals surface area contributed by atoms with Crippen molar-refractivity contribution in [1.82, 2.24) is 4.90 Å². The summed E-state index contributed by atoms with van der Waals surface area (Å²) in [5.74, 6) is 2.72. The third-order valence-electron chi connectivity index (χ3n) is 4.19. The molecule has 0 saturated carbocycles. The second-order valence-electron chi connectivity index (χ2n) is 6.29. The molecule has 3 rings (SSSR count). The van der Waals surface area contributed by atoms with Crippen molar-refractivity contribution in [3.8, 4) is 23.0 Å². The molecule has 0 aliphatic rings. The minimum Gasteiger partial charge on any atom is -0.493 e. The molecule has 0 heterocycles. The van der Waals surface area contributed by atoms with Gasteiger partial charge in [0.1, 0.15) is 18.1 Å². The molecule has 2 amide bonds. The number of hydrogen-bond donors (Lipinski definition) is 1. The van der Waals surface area contributed by atoms with Gasteiger partial charge >= 0.3 is 6.03 Å². The summed E-state index contributed by atoms with van der Waals surface area (Å²) in [6, 6.07) is 23.9. The van der Waals surface area contributed by atoms with Gasteiger partial charge in [-0.3, -0.25) is 0 Å². The first-order chi connectivity index (χ1) is 14.2. The maximum atomic E-state index is 12.3. The van der Waals surface area contributed by atoms with Crippen LogP contribution in [0.15, 0.2) is 78.9 Å². The van der Waals surface area contributed by atoms with Crippen LogP contribution >= 0.6 is 0 Å². The van der Waals surface area contributed by atoms with Crippen LogP contribution in [0.3, 0.4) is 0 Å². The van der Waals surface area contributed by atoms with Crippen molar-refractivity contribution in [1.29, 1.82) is 0 Å². The van der Waals surface area contributed by atoms with Crippen LogP contribution in [0.5, 0.6) is 23.0 Å². The Morgan fingerprint density at radius 2 is 1.52 bits per heavy atom. The van der Waals surface area contributed by atoms with E-state index in [0.717, 1.165) is 5.75 Å². The molecule has 3 aromatic carbocycles. The van der Waals surface area contributed by atoms with Crippen LogP contribution in [0.25, 0.3) is 0 Å². The van der Waals surface area contributed by atoms with Crippen molar-refractivity contribution in [2.45, 2.75) is 0 Å². The molecule has 0 atom stereocenters. The number of rotatable bonds is 8. The van der Waals surface area contributed by atoms with Gasteiger partial charge in [-0.15, -0.1) is 0 Å². The number of urea groups is 1. The third-order valence-corrected chi connectivity index (χ3v) is 4.19. The van der Waals surface area contributed by atoms with E-state index in [9.17, 15) is 4.79 Å². The highest BCUT2D eigenvalue weighted by atomic mass is 16.5. The third kappa shape index (κ3) is 5.90. The minimum atomic E-state index is -0.208. The van der Waals surface area contributed by atoms with Crippen molar-refractivity contribution >= 4 is 11.7 Å². The fourth-order valence-electron chi connectivity index (χ4n) is 2.57. The number of para-hydroxylation sites is 3. The quantitative estimate of drug-likeness (QED) is 0.584. The number of ether oxygens (including phenoxy) is 3. The molecule has 3 aromatic rings. The molecule has 0 bridgehead atoms. The van der Waals surface area contributed by atoms with Crippen molar-refractivity contribution in [3.63, 3.8) is 0 Å². The second kappa shape index (κ2) is 10.0. The maximum Gasteiger partial charge on any atom is 0.321 e. The van der Waals surface area contributed by atoms with Crippen LogP contribution in [0.2, 0.25) is 0 Å². The first kappa shape index (κ1) is 20.1. The Morgan fingerprint density at radius 1 is 0.862 bits per heavy atom.